The van der Waals surface area contributed by atoms with Gasteiger partial charge in [-0.1, -0.05) is 11.6 Å². The van der Waals surface area contributed by atoms with Crippen molar-refractivity contribution >= 4 is 39.5 Å². The van der Waals surface area contributed by atoms with Crippen LogP contribution in [-0.2, 0) is 15.5 Å². The normalized spacial score (nSPS) is 12.6. The number of ketones is 1. The molecule has 0 radical (unpaired) electrons. The summed E-state index contributed by atoms with van der Waals surface area (Å²) in [4.78, 5) is 12.2. The highest BCUT2D eigenvalue weighted by Gasteiger charge is 2.12. The molecule has 0 saturated heterocycles. The van der Waals surface area contributed by atoms with E-state index in [-0.39, 0.29) is 11.5 Å². The van der Waals surface area contributed by atoms with Crippen LogP contribution in [-0.4, -0.2) is 35.2 Å². The van der Waals surface area contributed by atoms with Gasteiger partial charge >= 0.3 is 0 Å². The molecule has 1 aromatic rings. The molecule has 0 aliphatic heterocycles. The molecule has 0 N–H and O–H groups in total. The first-order valence-electron chi connectivity index (χ1n) is 4.76. The van der Waals surface area contributed by atoms with Crippen LogP contribution in [0.15, 0.2) is 12.1 Å². The summed E-state index contributed by atoms with van der Waals surface area (Å²) in [5.74, 6) is 0.465. The van der Waals surface area contributed by atoms with Gasteiger partial charge < -0.3 is 4.74 Å². The predicted molar refractivity (Wildman–Crippen MR) is 68.0 cm³/mol. The van der Waals surface area contributed by atoms with Crippen molar-refractivity contribution in [3.63, 3.8) is 0 Å². The van der Waals surface area contributed by atoms with Gasteiger partial charge in [0.1, 0.15) is 0 Å². The minimum absolute atomic E-state index is 0.0700. The smallest absolute Gasteiger partial charge is 0.185 e. The van der Waals surface area contributed by atoms with E-state index in [9.17, 15) is 9.00 Å². The maximum Gasteiger partial charge on any atom is 0.185 e. The summed E-state index contributed by atoms with van der Waals surface area (Å²) >= 11 is 6.94. The molecule has 0 spiro atoms. The Kier molecular flexibility index (Phi) is 6.20. The molecule has 1 unspecified atom stereocenters. The van der Waals surface area contributed by atoms with Crippen LogP contribution in [0.5, 0.6) is 0 Å². The van der Waals surface area contributed by atoms with E-state index in [4.69, 9.17) is 16.3 Å². The predicted octanol–water partition coefficient (Wildman–Crippen LogP) is 2.37. The Bertz CT molecular complexity index is 376. The Hall–Kier alpha value is -0.230. The second kappa shape index (κ2) is 7.17. The molecule has 0 bridgehead atoms. The molecular weight excluding hydrogens is 268 g/mol. The number of ether oxygens (including phenoxy) is 1. The summed E-state index contributed by atoms with van der Waals surface area (Å²) in [5.41, 5.74) is 0. The van der Waals surface area contributed by atoms with Gasteiger partial charge in [-0.2, -0.15) is 0 Å². The molecule has 0 saturated carbocycles. The number of carbonyl (C=O) groups is 1. The summed E-state index contributed by atoms with van der Waals surface area (Å²) in [5, 5.41) is 0. The number of hydrogen-bond donors (Lipinski definition) is 0. The zero-order chi connectivity index (χ0) is 12.0. The average Bonchev–Trinajstić information content (AvgIpc) is 2.65. The van der Waals surface area contributed by atoms with Gasteiger partial charge in [0, 0.05) is 30.3 Å². The van der Waals surface area contributed by atoms with E-state index in [1.54, 1.807) is 19.2 Å². The lowest BCUT2D eigenvalue weighted by Crippen LogP contribution is -2.13. The number of rotatable bonds is 7. The molecule has 1 rings (SSSR count). The van der Waals surface area contributed by atoms with Crippen LogP contribution in [0, 0.1) is 0 Å². The molecule has 0 aliphatic carbocycles. The number of thiophene rings is 1. The molecule has 0 amide bonds. The molecule has 3 nitrogen and oxygen atoms in total. The fraction of sp³-hybridized carbons (Fsp3) is 0.500. The van der Waals surface area contributed by atoms with Crippen molar-refractivity contribution in [2.75, 3.05) is 25.2 Å². The monoisotopic (exact) mass is 280 g/mol. The fourth-order valence-electron chi connectivity index (χ4n) is 1.12. The van der Waals surface area contributed by atoms with E-state index >= 15 is 0 Å². The van der Waals surface area contributed by atoms with Gasteiger partial charge in [-0.3, -0.25) is 9.00 Å². The Labute approximate surface area is 106 Å². The standard InChI is InChI=1S/C10H13ClO3S2/c1-14-5-2-6-16(13)7-8(12)9-3-4-10(11)15-9/h3-4H,2,5-7H2,1H3. The quantitative estimate of drug-likeness (QED) is 0.569. The van der Waals surface area contributed by atoms with Gasteiger partial charge in [-0.05, 0) is 18.6 Å². The molecule has 1 aromatic heterocycles. The first-order valence-corrected chi connectivity index (χ1v) is 7.44. The number of carbonyl (C=O) groups excluding carboxylic acids is 1. The summed E-state index contributed by atoms with van der Waals surface area (Å²) in [6.45, 7) is 0.574. The molecular formula is C10H13ClO3S2. The van der Waals surface area contributed by atoms with Crippen molar-refractivity contribution in [2.24, 2.45) is 0 Å². The maximum atomic E-state index is 11.6. The van der Waals surface area contributed by atoms with Gasteiger partial charge in [0.2, 0.25) is 0 Å². The van der Waals surface area contributed by atoms with E-state index in [0.29, 0.717) is 28.0 Å². The third kappa shape index (κ3) is 4.74. The molecule has 90 valence electrons. The van der Waals surface area contributed by atoms with Gasteiger partial charge in [0.25, 0.3) is 0 Å². The molecule has 0 fully saturated rings. The van der Waals surface area contributed by atoms with Crippen LogP contribution in [0.4, 0.5) is 0 Å². The van der Waals surface area contributed by atoms with Crippen molar-refractivity contribution in [3.05, 3.63) is 21.3 Å². The van der Waals surface area contributed by atoms with E-state index in [0.717, 1.165) is 0 Å². The van der Waals surface area contributed by atoms with Crippen LogP contribution in [0.25, 0.3) is 0 Å². The molecule has 6 heteroatoms. The highest BCUT2D eigenvalue weighted by molar-refractivity contribution is 7.85. The zero-order valence-corrected chi connectivity index (χ0v) is 11.3. The van der Waals surface area contributed by atoms with Crippen LogP contribution in [0.3, 0.4) is 0 Å². The highest BCUT2D eigenvalue weighted by atomic mass is 35.5. The largest absolute Gasteiger partial charge is 0.385 e. The van der Waals surface area contributed by atoms with Gasteiger partial charge in [-0.15, -0.1) is 11.3 Å². The molecule has 1 atom stereocenters. The van der Waals surface area contributed by atoms with Crippen LogP contribution >= 0.6 is 22.9 Å². The summed E-state index contributed by atoms with van der Waals surface area (Å²) in [7, 11) is 0.490. The third-order valence-electron chi connectivity index (χ3n) is 1.86. The fourth-order valence-corrected chi connectivity index (χ4v) is 3.22. The lowest BCUT2D eigenvalue weighted by Gasteiger charge is -2.00. The summed E-state index contributed by atoms with van der Waals surface area (Å²) in [6, 6.07) is 3.34. The second-order valence-corrected chi connectivity index (χ2v) is 6.45. The van der Waals surface area contributed by atoms with Crippen molar-refractivity contribution in [3.8, 4) is 0 Å². The Morgan fingerprint density at radius 1 is 1.56 bits per heavy atom. The SMILES string of the molecule is COCCCS(=O)CC(=O)c1ccc(Cl)s1. The highest BCUT2D eigenvalue weighted by Crippen LogP contribution is 2.21. The average molecular weight is 281 g/mol. The van der Waals surface area contributed by atoms with Crippen LogP contribution in [0.2, 0.25) is 4.34 Å². The van der Waals surface area contributed by atoms with Gasteiger partial charge in [0.15, 0.2) is 5.78 Å². The Morgan fingerprint density at radius 2 is 2.31 bits per heavy atom. The topological polar surface area (TPSA) is 43.4 Å². The van der Waals surface area contributed by atoms with E-state index < -0.39 is 10.8 Å². The molecule has 0 aliphatic rings. The van der Waals surface area contributed by atoms with E-state index in [1.807, 2.05) is 0 Å². The van der Waals surface area contributed by atoms with Gasteiger partial charge in [0.05, 0.1) is 15.0 Å². The van der Waals surface area contributed by atoms with Crippen LogP contribution < -0.4 is 0 Å². The van der Waals surface area contributed by atoms with E-state index in [2.05, 4.69) is 0 Å². The van der Waals surface area contributed by atoms with Crippen LogP contribution in [0.1, 0.15) is 16.1 Å². The van der Waals surface area contributed by atoms with Crippen molar-refractivity contribution in [2.45, 2.75) is 6.42 Å². The van der Waals surface area contributed by atoms with E-state index in [1.165, 1.54) is 11.3 Å². The number of methoxy groups -OCH3 is 1. The molecule has 0 aromatic carbocycles. The summed E-state index contributed by atoms with van der Waals surface area (Å²) < 4.78 is 16.9. The number of hydrogen-bond acceptors (Lipinski definition) is 4. The van der Waals surface area contributed by atoms with Gasteiger partial charge in [-0.25, -0.2) is 0 Å². The minimum Gasteiger partial charge on any atom is -0.385 e. The first kappa shape index (κ1) is 13.8. The Morgan fingerprint density at radius 3 is 2.88 bits per heavy atom. The zero-order valence-electron chi connectivity index (χ0n) is 8.90. The van der Waals surface area contributed by atoms with Crippen molar-refractivity contribution in [1.29, 1.82) is 0 Å². The maximum absolute atomic E-state index is 11.6. The van der Waals surface area contributed by atoms with Crippen molar-refractivity contribution < 1.29 is 13.7 Å². The summed E-state index contributed by atoms with van der Waals surface area (Å²) in [6.07, 6.45) is 0.710. The number of halogens is 1. The third-order valence-corrected chi connectivity index (χ3v) is 4.46. The molecule has 1 heterocycles. The minimum atomic E-state index is -1.11. The number of Topliss-reactive ketones (excluding diaryl/α,β-unsaturated/α-hetero) is 1. The Balaban J connectivity index is 2.37. The lowest BCUT2D eigenvalue weighted by atomic mass is 10.4. The second-order valence-electron chi connectivity index (χ2n) is 3.16. The molecule has 16 heavy (non-hydrogen) atoms. The lowest BCUT2D eigenvalue weighted by molar-refractivity contribution is 0.102. The van der Waals surface area contributed by atoms with Crippen molar-refractivity contribution in [1.82, 2.24) is 0 Å². The first-order chi connectivity index (χ1) is 7.63.